The maximum Gasteiger partial charge on any atom is 0.303 e. The van der Waals surface area contributed by atoms with E-state index in [4.69, 9.17) is 10.4 Å². The van der Waals surface area contributed by atoms with Gasteiger partial charge in [-0.2, -0.15) is 10.2 Å². The van der Waals surface area contributed by atoms with E-state index in [-0.39, 0.29) is 12.2 Å². The second-order valence-electron chi connectivity index (χ2n) is 5.53. The van der Waals surface area contributed by atoms with E-state index in [2.05, 4.69) is 21.7 Å². The topological polar surface area (TPSA) is 91.5 Å². The van der Waals surface area contributed by atoms with Gasteiger partial charge in [0.05, 0.1) is 11.1 Å². The molecule has 6 nitrogen and oxygen atoms in total. The number of hydrogen-bond donors (Lipinski definition) is 2. The first-order valence-electron chi connectivity index (χ1n) is 5.73. The number of nitrogens with zero attached hydrogens (tertiary/aromatic N) is 2. The van der Waals surface area contributed by atoms with Crippen molar-refractivity contribution in [2.24, 2.45) is 10.2 Å². The van der Waals surface area contributed by atoms with Crippen molar-refractivity contribution in [1.82, 2.24) is 0 Å². The van der Waals surface area contributed by atoms with Gasteiger partial charge in [0.15, 0.2) is 0 Å². The Kier molecular flexibility index (Phi) is 5.97. The van der Waals surface area contributed by atoms with Crippen LogP contribution < -0.4 is 0 Å². The molecule has 0 aliphatic rings. The van der Waals surface area contributed by atoms with Crippen molar-refractivity contribution in [2.45, 2.75) is 58.0 Å². The molecule has 2 N–H and O–H groups in total. The lowest BCUT2D eigenvalue weighted by Gasteiger charge is -2.22. The zero-order chi connectivity index (χ0) is 14.4. The minimum atomic E-state index is -0.848. The molecule has 0 spiro atoms. The lowest BCUT2D eigenvalue weighted by atomic mass is 9.99. The van der Waals surface area contributed by atoms with Crippen molar-refractivity contribution in [3.8, 4) is 0 Å². The molecule has 0 aliphatic carbocycles. The molecule has 104 valence electrons. The van der Waals surface area contributed by atoms with Crippen LogP contribution in [0.3, 0.4) is 0 Å². The number of carboxylic acid groups (broad SMARTS) is 1. The fourth-order valence-electron chi connectivity index (χ4n) is 1.28. The number of aliphatic carboxylic acids is 1. The van der Waals surface area contributed by atoms with Crippen LogP contribution in [0.1, 0.15) is 47.0 Å². The van der Waals surface area contributed by atoms with Crippen LogP contribution in [0.5, 0.6) is 0 Å². The highest BCUT2D eigenvalue weighted by molar-refractivity contribution is 5.66. The standard InChI is InChI=1S/C12H22N2O4/c1-9(18-17)8-12(4,5)14-13-11(2,3)7-6-10(15)16/h17H,1,6-8H2,2-5H3,(H,15,16). The summed E-state index contributed by atoms with van der Waals surface area (Å²) in [5.74, 6) is -0.637. The van der Waals surface area contributed by atoms with E-state index in [1.54, 1.807) is 0 Å². The molecule has 0 aliphatic heterocycles. The van der Waals surface area contributed by atoms with E-state index >= 15 is 0 Å². The Bertz CT molecular complexity index is 335. The van der Waals surface area contributed by atoms with Gasteiger partial charge in [-0.05, 0) is 34.1 Å². The third-order valence-corrected chi connectivity index (χ3v) is 2.30. The fraction of sp³-hybridized carbons (Fsp3) is 0.750. The summed E-state index contributed by atoms with van der Waals surface area (Å²) in [4.78, 5) is 14.5. The van der Waals surface area contributed by atoms with Gasteiger partial charge in [-0.1, -0.05) is 6.58 Å². The molecule has 0 saturated heterocycles. The second-order valence-corrected chi connectivity index (χ2v) is 5.53. The molecular formula is C12H22N2O4. The third kappa shape index (κ3) is 7.78. The van der Waals surface area contributed by atoms with Gasteiger partial charge in [0.2, 0.25) is 0 Å². The Morgan fingerprint density at radius 3 is 2.17 bits per heavy atom. The Morgan fingerprint density at radius 1 is 1.22 bits per heavy atom. The summed E-state index contributed by atoms with van der Waals surface area (Å²) in [5.41, 5.74) is -1.09. The van der Waals surface area contributed by atoms with Gasteiger partial charge in [-0.25, -0.2) is 5.26 Å². The lowest BCUT2D eigenvalue weighted by Crippen LogP contribution is -2.22. The first kappa shape index (κ1) is 16.6. The van der Waals surface area contributed by atoms with Crippen LogP contribution in [0.4, 0.5) is 0 Å². The van der Waals surface area contributed by atoms with E-state index < -0.39 is 17.0 Å². The van der Waals surface area contributed by atoms with Crippen LogP contribution in [0, 0.1) is 0 Å². The van der Waals surface area contributed by atoms with E-state index in [1.165, 1.54) is 0 Å². The van der Waals surface area contributed by atoms with Gasteiger partial charge >= 0.3 is 5.97 Å². The summed E-state index contributed by atoms with van der Waals surface area (Å²) >= 11 is 0. The molecule has 0 saturated carbocycles. The maximum atomic E-state index is 10.5. The van der Waals surface area contributed by atoms with Crippen LogP contribution in [-0.4, -0.2) is 27.4 Å². The van der Waals surface area contributed by atoms with Crippen LogP contribution in [-0.2, 0) is 9.68 Å². The van der Waals surface area contributed by atoms with E-state index in [0.717, 1.165) is 0 Å². The lowest BCUT2D eigenvalue weighted by molar-refractivity contribution is -0.206. The number of rotatable bonds is 8. The molecule has 0 unspecified atom stereocenters. The average Bonchev–Trinajstić information content (AvgIpc) is 2.24. The van der Waals surface area contributed by atoms with Crippen molar-refractivity contribution in [2.75, 3.05) is 0 Å². The summed E-state index contributed by atoms with van der Waals surface area (Å²) in [6.07, 6.45) is 0.806. The van der Waals surface area contributed by atoms with Crippen LogP contribution >= 0.6 is 0 Å². The molecule has 0 rings (SSSR count). The van der Waals surface area contributed by atoms with Crippen molar-refractivity contribution >= 4 is 5.97 Å². The van der Waals surface area contributed by atoms with Crippen molar-refractivity contribution in [3.63, 3.8) is 0 Å². The van der Waals surface area contributed by atoms with Gasteiger partial charge in [0, 0.05) is 12.8 Å². The summed E-state index contributed by atoms with van der Waals surface area (Å²) in [5, 5.41) is 25.4. The highest BCUT2D eigenvalue weighted by Crippen LogP contribution is 2.24. The molecule has 6 heteroatoms. The number of carbonyl (C=O) groups is 1. The van der Waals surface area contributed by atoms with Crippen LogP contribution in [0.25, 0.3) is 0 Å². The number of carboxylic acids is 1. The van der Waals surface area contributed by atoms with E-state index in [1.807, 2.05) is 27.7 Å². The molecule has 0 bridgehead atoms. The number of hydrogen-bond acceptors (Lipinski definition) is 5. The van der Waals surface area contributed by atoms with Gasteiger partial charge in [0.25, 0.3) is 0 Å². The van der Waals surface area contributed by atoms with Crippen molar-refractivity contribution in [3.05, 3.63) is 12.3 Å². The van der Waals surface area contributed by atoms with Crippen molar-refractivity contribution in [1.29, 1.82) is 0 Å². The first-order chi connectivity index (χ1) is 8.08. The zero-order valence-electron chi connectivity index (χ0n) is 11.4. The quantitative estimate of drug-likeness (QED) is 0.302. The SMILES string of the molecule is C=C(CC(C)(C)N=NC(C)(C)CCC(=O)O)OO. The molecule has 0 amide bonds. The van der Waals surface area contributed by atoms with E-state index in [9.17, 15) is 4.79 Å². The molecule has 0 radical (unpaired) electrons. The van der Waals surface area contributed by atoms with Crippen molar-refractivity contribution < 1.29 is 20.0 Å². The predicted molar refractivity (Wildman–Crippen MR) is 67.4 cm³/mol. The Balaban J connectivity index is 4.50. The minimum absolute atomic E-state index is 0.0545. The van der Waals surface area contributed by atoms with Gasteiger partial charge in [-0.15, -0.1) is 0 Å². The Hall–Kier alpha value is -1.43. The molecular weight excluding hydrogens is 236 g/mol. The average molecular weight is 258 g/mol. The molecule has 0 fully saturated rings. The zero-order valence-corrected chi connectivity index (χ0v) is 11.4. The van der Waals surface area contributed by atoms with Gasteiger partial charge in [-0.3, -0.25) is 4.79 Å². The molecule has 0 aromatic carbocycles. The highest BCUT2D eigenvalue weighted by Gasteiger charge is 2.23. The summed E-state index contributed by atoms with van der Waals surface area (Å²) in [6, 6.07) is 0. The maximum absolute atomic E-state index is 10.5. The highest BCUT2D eigenvalue weighted by atomic mass is 17.1. The molecule has 0 aromatic rings. The minimum Gasteiger partial charge on any atom is -0.481 e. The van der Waals surface area contributed by atoms with Gasteiger partial charge < -0.3 is 9.99 Å². The summed E-state index contributed by atoms with van der Waals surface area (Å²) in [6.45, 7) is 10.8. The normalized spacial score (nSPS) is 12.7. The fourth-order valence-corrected chi connectivity index (χ4v) is 1.28. The van der Waals surface area contributed by atoms with Crippen LogP contribution in [0.2, 0.25) is 0 Å². The number of azo groups is 1. The van der Waals surface area contributed by atoms with Gasteiger partial charge in [0.1, 0.15) is 5.76 Å². The molecule has 18 heavy (non-hydrogen) atoms. The third-order valence-electron chi connectivity index (χ3n) is 2.30. The largest absolute Gasteiger partial charge is 0.481 e. The first-order valence-corrected chi connectivity index (χ1v) is 5.73. The Labute approximate surface area is 107 Å². The summed E-state index contributed by atoms with van der Waals surface area (Å²) in [7, 11) is 0. The molecule has 0 atom stereocenters. The smallest absolute Gasteiger partial charge is 0.303 e. The molecule has 0 heterocycles. The second kappa shape index (κ2) is 6.49. The predicted octanol–water partition coefficient (Wildman–Crippen LogP) is 3.25. The van der Waals surface area contributed by atoms with E-state index in [0.29, 0.717) is 12.8 Å². The Morgan fingerprint density at radius 2 is 1.72 bits per heavy atom. The van der Waals surface area contributed by atoms with Crippen LogP contribution in [0.15, 0.2) is 22.6 Å². The summed E-state index contributed by atoms with van der Waals surface area (Å²) < 4.78 is 0. The monoisotopic (exact) mass is 258 g/mol. The molecule has 0 aromatic heterocycles.